The molecule has 1 atom stereocenters. The van der Waals surface area contributed by atoms with Crippen molar-refractivity contribution in [2.75, 3.05) is 6.54 Å². The maximum absolute atomic E-state index is 11.8. The van der Waals surface area contributed by atoms with E-state index in [4.69, 9.17) is 5.73 Å². The molecule has 3 nitrogen and oxygen atoms in total. The first kappa shape index (κ1) is 14.7. The van der Waals surface area contributed by atoms with Crippen molar-refractivity contribution in [3.63, 3.8) is 0 Å². The normalized spacial score (nSPS) is 12.2. The van der Waals surface area contributed by atoms with Gasteiger partial charge in [-0.05, 0) is 44.4 Å². The van der Waals surface area contributed by atoms with Crippen LogP contribution in [0.4, 0.5) is 0 Å². The predicted molar refractivity (Wildman–Crippen MR) is 75.3 cm³/mol. The van der Waals surface area contributed by atoms with Crippen molar-refractivity contribution in [2.24, 2.45) is 5.73 Å². The lowest BCUT2D eigenvalue weighted by molar-refractivity contribution is -0.121. The van der Waals surface area contributed by atoms with Gasteiger partial charge in [0, 0.05) is 6.42 Å². The van der Waals surface area contributed by atoms with Crippen LogP contribution in [0.1, 0.15) is 49.8 Å². The topological polar surface area (TPSA) is 55.1 Å². The predicted octanol–water partition coefficient (Wildman–Crippen LogP) is 2.69. The molecule has 0 radical (unpaired) electrons. The van der Waals surface area contributed by atoms with E-state index in [1.807, 2.05) is 19.1 Å². The molecule has 0 fully saturated rings. The fourth-order valence-corrected chi connectivity index (χ4v) is 2.07. The molecular formula is C15H24N2O. The smallest absolute Gasteiger partial charge is 0.220 e. The Morgan fingerprint density at radius 2 is 2.00 bits per heavy atom. The van der Waals surface area contributed by atoms with Gasteiger partial charge in [-0.1, -0.05) is 30.7 Å². The molecule has 1 amide bonds. The maximum Gasteiger partial charge on any atom is 0.220 e. The molecule has 0 bridgehead atoms. The zero-order chi connectivity index (χ0) is 13.4. The molecule has 18 heavy (non-hydrogen) atoms. The van der Waals surface area contributed by atoms with E-state index in [9.17, 15) is 4.79 Å². The van der Waals surface area contributed by atoms with Gasteiger partial charge in [-0.2, -0.15) is 0 Å². The monoisotopic (exact) mass is 248 g/mol. The quantitative estimate of drug-likeness (QED) is 0.729. The molecule has 0 heterocycles. The van der Waals surface area contributed by atoms with Crippen molar-refractivity contribution < 1.29 is 4.79 Å². The van der Waals surface area contributed by atoms with E-state index in [0.717, 1.165) is 19.3 Å². The minimum absolute atomic E-state index is 0.0770. The van der Waals surface area contributed by atoms with E-state index in [1.165, 1.54) is 11.1 Å². The summed E-state index contributed by atoms with van der Waals surface area (Å²) in [5.74, 6) is 0.128. The zero-order valence-electron chi connectivity index (χ0n) is 11.4. The lowest BCUT2D eigenvalue weighted by Crippen LogP contribution is -2.26. The number of hydrogen-bond donors (Lipinski definition) is 2. The van der Waals surface area contributed by atoms with Crippen molar-refractivity contribution in [3.8, 4) is 0 Å². The standard InChI is InChI=1S/C15H24N2O/c1-12-8-5-6-9-14(12)13(2)17-15(18)10-4-3-7-11-16/h5-6,8-9,13H,3-4,7,10-11,16H2,1-2H3,(H,17,18)/t13-/m1/s1. The molecule has 3 N–H and O–H groups in total. The third-order valence-corrected chi connectivity index (χ3v) is 3.14. The first-order valence-electron chi connectivity index (χ1n) is 6.70. The Morgan fingerprint density at radius 1 is 1.28 bits per heavy atom. The van der Waals surface area contributed by atoms with Gasteiger partial charge in [-0.3, -0.25) is 4.79 Å². The number of carbonyl (C=O) groups is 1. The van der Waals surface area contributed by atoms with Gasteiger partial charge in [0.25, 0.3) is 0 Å². The molecular weight excluding hydrogens is 224 g/mol. The Labute approximate surface area is 110 Å². The largest absolute Gasteiger partial charge is 0.350 e. The van der Waals surface area contributed by atoms with Crippen molar-refractivity contribution >= 4 is 5.91 Å². The highest BCUT2D eigenvalue weighted by Gasteiger charge is 2.10. The van der Waals surface area contributed by atoms with Gasteiger partial charge in [-0.25, -0.2) is 0 Å². The third-order valence-electron chi connectivity index (χ3n) is 3.14. The number of amides is 1. The van der Waals surface area contributed by atoms with Crippen molar-refractivity contribution in [2.45, 2.75) is 45.6 Å². The number of nitrogens with two attached hydrogens (primary N) is 1. The first-order chi connectivity index (χ1) is 8.65. The lowest BCUT2D eigenvalue weighted by atomic mass is 10.0. The summed E-state index contributed by atoms with van der Waals surface area (Å²) < 4.78 is 0. The van der Waals surface area contributed by atoms with Crippen LogP contribution in [0.3, 0.4) is 0 Å². The third kappa shape index (κ3) is 4.88. The van der Waals surface area contributed by atoms with Crippen molar-refractivity contribution in [1.82, 2.24) is 5.32 Å². The summed E-state index contributed by atoms with van der Waals surface area (Å²) >= 11 is 0. The van der Waals surface area contributed by atoms with E-state index in [-0.39, 0.29) is 11.9 Å². The Hall–Kier alpha value is -1.35. The molecule has 0 saturated carbocycles. The Morgan fingerprint density at radius 3 is 2.67 bits per heavy atom. The molecule has 0 saturated heterocycles. The molecule has 0 unspecified atom stereocenters. The van der Waals surface area contributed by atoms with E-state index in [2.05, 4.69) is 24.4 Å². The molecule has 100 valence electrons. The van der Waals surface area contributed by atoms with Crippen LogP contribution >= 0.6 is 0 Å². The summed E-state index contributed by atoms with van der Waals surface area (Å²) in [5, 5.41) is 3.04. The van der Waals surface area contributed by atoms with Gasteiger partial charge in [0.2, 0.25) is 5.91 Å². The fraction of sp³-hybridized carbons (Fsp3) is 0.533. The Bertz CT molecular complexity index is 377. The highest BCUT2D eigenvalue weighted by molar-refractivity contribution is 5.76. The van der Waals surface area contributed by atoms with Gasteiger partial charge >= 0.3 is 0 Å². The molecule has 1 aromatic rings. The van der Waals surface area contributed by atoms with Gasteiger partial charge in [-0.15, -0.1) is 0 Å². The molecule has 0 spiro atoms. The lowest BCUT2D eigenvalue weighted by Gasteiger charge is -2.16. The second-order valence-corrected chi connectivity index (χ2v) is 4.75. The summed E-state index contributed by atoms with van der Waals surface area (Å²) in [6, 6.07) is 8.23. The molecule has 1 aromatic carbocycles. The number of hydrogen-bond acceptors (Lipinski definition) is 2. The van der Waals surface area contributed by atoms with E-state index in [1.54, 1.807) is 0 Å². The Balaban J connectivity index is 2.38. The SMILES string of the molecule is Cc1ccccc1[C@@H](C)NC(=O)CCCCCN. The molecule has 3 heteroatoms. The summed E-state index contributed by atoms with van der Waals surface area (Å²) in [4.78, 5) is 11.8. The summed E-state index contributed by atoms with van der Waals surface area (Å²) in [7, 11) is 0. The minimum atomic E-state index is 0.0770. The highest BCUT2D eigenvalue weighted by atomic mass is 16.1. The Kier molecular flexibility index (Phi) is 6.44. The number of benzene rings is 1. The van der Waals surface area contributed by atoms with Gasteiger partial charge in [0.15, 0.2) is 0 Å². The van der Waals surface area contributed by atoms with Crippen LogP contribution in [-0.2, 0) is 4.79 Å². The van der Waals surface area contributed by atoms with Crippen LogP contribution in [-0.4, -0.2) is 12.5 Å². The van der Waals surface area contributed by atoms with Gasteiger partial charge in [0.05, 0.1) is 6.04 Å². The summed E-state index contributed by atoms with van der Waals surface area (Å²) in [5.41, 5.74) is 7.82. The summed E-state index contributed by atoms with van der Waals surface area (Å²) in [6.07, 6.45) is 3.54. The number of rotatable bonds is 7. The average molecular weight is 248 g/mol. The molecule has 0 aromatic heterocycles. The van der Waals surface area contributed by atoms with Gasteiger partial charge < -0.3 is 11.1 Å². The fourth-order valence-electron chi connectivity index (χ4n) is 2.07. The number of nitrogens with one attached hydrogen (secondary N) is 1. The summed E-state index contributed by atoms with van der Waals surface area (Å²) in [6.45, 7) is 4.81. The van der Waals surface area contributed by atoms with E-state index < -0.39 is 0 Å². The van der Waals surface area contributed by atoms with Crippen molar-refractivity contribution in [3.05, 3.63) is 35.4 Å². The maximum atomic E-state index is 11.8. The van der Waals surface area contributed by atoms with Crippen molar-refractivity contribution in [1.29, 1.82) is 0 Å². The van der Waals surface area contributed by atoms with E-state index in [0.29, 0.717) is 13.0 Å². The zero-order valence-corrected chi connectivity index (χ0v) is 11.4. The molecule has 1 rings (SSSR count). The van der Waals surface area contributed by atoms with Crippen LogP contribution in [0.25, 0.3) is 0 Å². The second-order valence-electron chi connectivity index (χ2n) is 4.75. The number of unbranched alkanes of at least 4 members (excludes halogenated alkanes) is 2. The van der Waals surface area contributed by atoms with Crippen LogP contribution in [0, 0.1) is 6.92 Å². The van der Waals surface area contributed by atoms with E-state index >= 15 is 0 Å². The number of aryl methyl sites for hydroxylation is 1. The van der Waals surface area contributed by atoms with Crippen LogP contribution in [0.15, 0.2) is 24.3 Å². The second kappa shape index (κ2) is 7.88. The highest BCUT2D eigenvalue weighted by Crippen LogP contribution is 2.16. The minimum Gasteiger partial charge on any atom is -0.350 e. The molecule has 0 aliphatic carbocycles. The number of carbonyl (C=O) groups excluding carboxylic acids is 1. The van der Waals surface area contributed by atoms with Crippen LogP contribution < -0.4 is 11.1 Å². The van der Waals surface area contributed by atoms with Crippen LogP contribution in [0.5, 0.6) is 0 Å². The average Bonchev–Trinajstić information content (AvgIpc) is 2.35. The van der Waals surface area contributed by atoms with Crippen LogP contribution in [0.2, 0.25) is 0 Å². The molecule has 0 aliphatic rings. The van der Waals surface area contributed by atoms with Gasteiger partial charge in [0.1, 0.15) is 0 Å². The first-order valence-corrected chi connectivity index (χ1v) is 6.70. The molecule has 0 aliphatic heterocycles.